The largest absolute Gasteiger partial charge is 0.361 e. The summed E-state index contributed by atoms with van der Waals surface area (Å²) in [5.41, 5.74) is 2.18. The van der Waals surface area contributed by atoms with E-state index in [9.17, 15) is 0 Å². The highest BCUT2D eigenvalue weighted by Gasteiger charge is 2.20. The normalized spacial score (nSPS) is 16.8. The third kappa shape index (κ3) is 7.13. The van der Waals surface area contributed by atoms with Crippen LogP contribution >= 0.6 is 24.0 Å². The predicted octanol–water partition coefficient (Wildman–Crippen LogP) is 2.74. The van der Waals surface area contributed by atoms with Gasteiger partial charge in [0, 0.05) is 44.8 Å². The van der Waals surface area contributed by atoms with Gasteiger partial charge in [0.15, 0.2) is 5.96 Å². The molecule has 1 aromatic heterocycles. The molecule has 1 aliphatic heterocycles. The fourth-order valence-corrected chi connectivity index (χ4v) is 3.33. The van der Waals surface area contributed by atoms with Crippen LogP contribution in [-0.2, 0) is 6.42 Å². The zero-order valence-corrected chi connectivity index (χ0v) is 18.6. The average molecular weight is 463 g/mol. The number of aryl methyl sites for hydroxylation is 2. The van der Waals surface area contributed by atoms with Gasteiger partial charge < -0.3 is 20.1 Å². The van der Waals surface area contributed by atoms with Crippen LogP contribution in [0.25, 0.3) is 0 Å². The van der Waals surface area contributed by atoms with Gasteiger partial charge in [-0.1, -0.05) is 19.0 Å². The molecule has 6 nitrogen and oxygen atoms in total. The number of nitrogens with one attached hydrogen (secondary N) is 2. The molecule has 0 radical (unpaired) electrons. The summed E-state index contributed by atoms with van der Waals surface area (Å²) in [6.07, 6.45) is 3.25. The van der Waals surface area contributed by atoms with E-state index in [4.69, 9.17) is 4.52 Å². The Bertz CT molecular complexity index is 516. The number of rotatable bonds is 6. The molecule has 0 saturated carbocycles. The molecule has 0 bridgehead atoms. The second kappa shape index (κ2) is 11.0. The zero-order chi connectivity index (χ0) is 17.5. The summed E-state index contributed by atoms with van der Waals surface area (Å²) in [6, 6.07) is 0.513. The Hall–Kier alpha value is -0.830. The first kappa shape index (κ1) is 22.2. The monoisotopic (exact) mass is 463 g/mol. The van der Waals surface area contributed by atoms with E-state index in [1.54, 1.807) is 0 Å². The minimum absolute atomic E-state index is 0. The number of hydrogen-bond acceptors (Lipinski definition) is 4. The van der Waals surface area contributed by atoms with Crippen LogP contribution in [0.2, 0.25) is 0 Å². The number of nitrogens with zero attached hydrogens (tertiary/aromatic N) is 3. The topological polar surface area (TPSA) is 65.7 Å². The van der Waals surface area contributed by atoms with Crippen LogP contribution in [0.1, 0.15) is 43.7 Å². The minimum atomic E-state index is 0. The van der Waals surface area contributed by atoms with Crippen molar-refractivity contribution in [1.29, 1.82) is 0 Å². The molecule has 1 aromatic rings. The smallest absolute Gasteiger partial charge is 0.191 e. The highest BCUT2D eigenvalue weighted by molar-refractivity contribution is 14.0. The Kier molecular flexibility index (Phi) is 9.78. The van der Waals surface area contributed by atoms with Crippen molar-refractivity contribution in [1.82, 2.24) is 20.7 Å². The lowest BCUT2D eigenvalue weighted by Gasteiger charge is -2.34. The molecule has 2 N–H and O–H groups in total. The maximum Gasteiger partial charge on any atom is 0.191 e. The zero-order valence-electron chi connectivity index (χ0n) is 16.3. The van der Waals surface area contributed by atoms with Gasteiger partial charge in [-0.2, -0.15) is 0 Å². The Labute approximate surface area is 169 Å². The number of halogens is 1. The third-order valence-corrected chi connectivity index (χ3v) is 4.62. The van der Waals surface area contributed by atoms with E-state index in [-0.39, 0.29) is 24.0 Å². The Morgan fingerprint density at radius 2 is 2.00 bits per heavy atom. The fraction of sp³-hybridized carbons (Fsp3) is 0.778. The molecule has 1 aliphatic rings. The van der Waals surface area contributed by atoms with Crippen LogP contribution in [0.3, 0.4) is 0 Å². The van der Waals surface area contributed by atoms with Gasteiger partial charge in [-0.3, -0.25) is 4.99 Å². The van der Waals surface area contributed by atoms with Gasteiger partial charge in [-0.15, -0.1) is 24.0 Å². The maximum absolute atomic E-state index is 5.21. The van der Waals surface area contributed by atoms with Gasteiger partial charge in [0.1, 0.15) is 5.76 Å². The molecule has 0 aromatic carbocycles. The Balaban J connectivity index is 0.00000312. The summed E-state index contributed by atoms with van der Waals surface area (Å²) in [7, 11) is 1.83. The molecule has 1 saturated heterocycles. The molecule has 0 atom stereocenters. The molecular weight excluding hydrogens is 429 g/mol. The molecule has 2 heterocycles. The highest BCUT2D eigenvalue weighted by atomic mass is 127. The van der Waals surface area contributed by atoms with Crippen molar-refractivity contribution in [3.8, 4) is 0 Å². The number of aliphatic imine (C=N–C) groups is 1. The van der Waals surface area contributed by atoms with E-state index in [2.05, 4.69) is 39.5 Å². The summed E-state index contributed by atoms with van der Waals surface area (Å²) >= 11 is 0. The molecule has 0 amide bonds. The van der Waals surface area contributed by atoms with Crippen LogP contribution in [0, 0.1) is 19.8 Å². The van der Waals surface area contributed by atoms with Gasteiger partial charge in [0.2, 0.25) is 0 Å². The van der Waals surface area contributed by atoms with Crippen molar-refractivity contribution >= 4 is 29.9 Å². The Morgan fingerprint density at radius 1 is 1.32 bits per heavy atom. The van der Waals surface area contributed by atoms with E-state index in [1.165, 1.54) is 38.0 Å². The predicted molar refractivity (Wildman–Crippen MR) is 114 cm³/mol. The lowest BCUT2D eigenvalue weighted by atomic mass is 10.0. The third-order valence-electron chi connectivity index (χ3n) is 4.62. The molecular formula is C18H34IN5O. The standard InChI is InChI=1S/C18H33N5O.HI/c1-13(2)12-23-10-7-16(8-11-23)21-18(19-5)20-9-6-17-14(3)22-24-15(17)4;/h13,16H,6-12H2,1-5H3,(H2,19,20,21);1H. The van der Waals surface area contributed by atoms with Crippen LogP contribution in [-0.4, -0.2) is 55.3 Å². The van der Waals surface area contributed by atoms with Crippen molar-refractivity contribution in [3.63, 3.8) is 0 Å². The van der Waals surface area contributed by atoms with E-state index < -0.39 is 0 Å². The van der Waals surface area contributed by atoms with Gasteiger partial charge in [-0.05, 0) is 39.0 Å². The van der Waals surface area contributed by atoms with Crippen LogP contribution in [0.15, 0.2) is 9.52 Å². The summed E-state index contributed by atoms with van der Waals surface area (Å²) in [6.45, 7) is 12.9. The van der Waals surface area contributed by atoms with Crippen molar-refractivity contribution < 1.29 is 4.52 Å². The van der Waals surface area contributed by atoms with Crippen LogP contribution < -0.4 is 10.6 Å². The van der Waals surface area contributed by atoms with E-state index >= 15 is 0 Å². The van der Waals surface area contributed by atoms with E-state index in [0.717, 1.165) is 36.3 Å². The molecule has 2 rings (SSSR count). The summed E-state index contributed by atoms with van der Waals surface area (Å²) in [5, 5.41) is 11.0. The summed E-state index contributed by atoms with van der Waals surface area (Å²) in [4.78, 5) is 6.92. The minimum Gasteiger partial charge on any atom is -0.361 e. The van der Waals surface area contributed by atoms with Gasteiger partial charge in [-0.25, -0.2) is 0 Å². The molecule has 7 heteroatoms. The van der Waals surface area contributed by atoms with Crippen molar-refractivity contribution in [2.75, 3.05) is 33.2 Å². The van der Waals surface area contributed by atoms with E-state index in [1.807, 2.05) is 20.9 Å². The van der Waals surface area contributed by atoms with Gasteiger partial charge >= 0.3 is 0 Å². The SMILES string of the molecule is CN=C(NCCc1c(C)noc1C)NC1CCN(CC(C)C)CC1.I. The van der Waals surface area contributed by atoms with Crippen molar-refractivity contribution in [2.24, 2.45) is 10.9 Å². The number of piperidine rings is 1. The summed E-state index contributed by atoms with van der Waals surface area (Å²) < 4.78 is 5.21. The first-order valence-electron chi connectivity index (χ1n) is 9.11. The fourth-order valence-electron chi connectivity index (χ4n) is 3.33. The molecule has 25 heavy (non-hydrogen) atoms. The second-order valence-corrected chi connectivity index (χ2v) is 7.16. The second-order valence-electron chi connectivity index (χ2n) is 7.16. The number of aromatic nitrogens is 1. The molecule has 0 aliphatic carbocycles. The number of guanidine groups is 1. The average Bonchev–Trinajstić information content (AvgIpc) is 2.87. The lowest BCUT2D eigenvalue weighted by molar-refractivity contribution is 0.187. The highest BCUT2D eigenvalue weighted by Crippen LogP contribution is 2.13. The quantitative estimate of drug-likeness (QED) is 0.386. The van der Waals surface area contributed by atoms with Gasteiger partial charge in [0.25, 0.3) is 0 Å². The Morgan fingerprint density at radius 3 is 2.52 bits per heavy atom. The summed E-state index contributed by atoms with van der Waals surface area (Å²) in [5.74, 6) is 2.55. The number of likely N-dealkylation sites (tertiary alicyclic amines) is 1. The van der Waals surface area contributed by atoms with Crippen molar-refractivity contribution in [2.45, 2.75) is 53.0 Å². The molecule has 0 spiro atoms. The maximum atomic E-state index is 5.21. The first-order chi connectivity index (χ1) is 11.5. The number of hydrogen-bond donors (Lipinski definition) is 2. The van der Waals surface area contributed by atoms with Gasteiger partial charge in [0.05, 0.1) is 5.69 Å². The first-order valence-corrected chi connectivity index (χ1v) is 9.11. The van der Waals surface area contributed by atoms with Crippen LogP contribution in [0.5, 0.6) is 0 Å². The molecule has 0 unspecified atom stereocenters. The molecule has 144 valence electrons. The van der Waals surface area contributed by atoms with E-state index in [0.29, 0.717) is 6.04 Å². The van der Waals surface area contributed by atoms with Crippen molar-refractivity contribution in [3.05, 3.63) is 17.0 Å². The lowest BCUT2D eigenvalue weighted by Crippen LogP contribution is -2.49. The molecule has 1 fully saturated rings. The van der Waals surface area contributed by atoms with Crippen LogP contribution in [0.4, 0.5) is 0 Å².